The van der Waals surface area contributed by atoms with Gasteiger partial charge in [0.15, 0.2) is 0 Å². The lowest BCUT2D eigenvalue weighted by atomic mass is 10.1. The van der Waals surface area contributed by atoms with E-state index < -0.39 is 22.3 Å². The SMILES string of the molecule is Nc1ccc(Br)cc1C(=O)Nc1ccc([N+](=O)[O-])c(F)c1. The van der Waals surface area contributed by atoms with Crippen molar-refractivity contribution in [2.45, 2.75) is 0 Å². The van der Waals surface area contributed by atoms with Crippen molar-refractivity contribution in [2.75, 3.05) is 11.1 Å². The minimum absolute atomic E-state index is 0.0995. The van der Waals surface area contributed by atoms with Crippen molar-refractivity contribution in [3.63, 3.8) is 0 Å². The summed E-state index contributed by atoms with van der Waals surface area (Å²) in [6.07, 6.45) is 0. The minimum Gasteiger partial charge on any atom is -0.398 e. The van der Waals surface area contributed by atoms with E-state index in [1.165, 1.54) is 12.1 Å². The molecule has 8 heteroatoms. The van der Waals surface area contributed by atoms with E-state index >= 15 is 0 Å². The number of rotatable bonds is 3. The van der Waals surface area contributed by atoms with Crippen LogP contribution in [0, 0.1) is 15.9 Å². The van der Waals surface area contributed by atoms with Crippen molar-refractivity contribution < 1.29 is 14.1 Å². The Morgan fingerprint density at radius 2 is 2.00 bits per heavy atom. The third kappa shape index (κ3) is 3.34. The first-order valence-corrected chi connectivity index (χ1v) is 6.48. The molecule has 0 aromatic heterocycles. The van der Waals surface area contributed by atoms with Crippen LogP contribution in [0.3, 0.4) is 0 Å². The van der Waals surface area contributed by atoms with Gasteiger partial charge in [-0.1, -0.05) is 15.9 Å². The first kappa shape index (κ1) is 14.9. The molecule has 1 amide bonds. The van der Waals surface area contributed by atoms with Gasteiger partial charge >= 0.3 is 5.69 Å². The van der Waals surface area contributed by atoms with Crippen LogP contribution in [0.15, 0.2) is 40.9 Å². The van der Waals surface area contributed by atoms with E-state index in [9.17, 15) is 19.3 Å². The van der Waals surface area contributed by atoms with Crippen molar-refractivity contribution in [1.82, 2.24) is 0 Å². The van der Waals surface area contributed by atoms with E-state index in [0.717, 1.165) is 12.1 Å². The molecule has 0 fully saturated rings. The maximum atomic E-state index is 13.5. The lowest BCUT2D eigenvalue weighted by Gasteiger charge is -2.08. The van der Waals surface area contributed by atoms with E-state index in [1.54, 1.807) is 12.1 Å². The van der Waals surface area contributed by atoms with Crippen molar-refractivity contribution in [3.8, 4) is 0 Å². The number of benzene rings is 2. The van der Waals surface area contributed by atoms with Crippen molar-refractivity contribution >= 4 is 38.9 Å². The Morgan fingerprint density at radius 3 is 2.62 bits per heavy atom. The second-order valence-corrected chi connectivity index (χ2v) is 5.02. The highest BCUT2D eigenvalue weighted by molar-refractivity contribution is 9.10. The summed E-state index contributed by atoms with van der Waals surface area (Å²) in [6.45, 7) is 0. The molecule has 0 spiro atoms. The van der Waals surface area contributed by atoms with Crippen LogP contribution in [0.1, 0.15) is 10.4 Å². The molecule has 0 aliphatic carbocycles. The van der Waals surface area contributed by atoms with E-state index in [4.69, 9.17) is 5.73 Å². The van der Waals surface area contributed by atoms with Crippen LogP contribution in [0.25, 0.3) is 0 Å². The van der Waals surface area contributed by atoms with Gasteiger partial charge in [-0.3, -0.25) is 14.9 Å². The number of carbonyl (C=O) groups excluding carboxylic acids is 1. The summed E-state index contributed by atoms with van der Waals surface area (Å²) in [4.78, 5) is 21.7. The fraction of sp³-hybridized carbons (Fsp3) is 0. The number of nitro benzene ring substituents is 1. The molecular weight excluding hydrogens is 345 g/mol. The van der Waals surface area contributed by atoms with E-state index in [2.05, 4.69) is 21.2 Å². The highest BCUT2D eigenvalue weighted by Crippen LogP contribution is 2.23. The van der Waals surface area contributed by atoms with Gasteiger partial charge in [0.25, 0.3) is 5.91 Å². The van der Waals surface area contributed by atoms with Crippen LogP contribution in [0.4, 0.5) is 21.5 Å². The standard InChI is InChI=1S/C13H9BrFN3O3/c14-7-1-3-11(16)9(5-7)13(19)17-8-2-4-12(18(20)21)10(15)6-8/h1-6H,16H2,(H,17,19). The average molecular weight is 354 g/mol. The van der Waals surface area contributed by atoms with E-state index in [0.29, 0.717) is 4.47 Å². The zero-order valence-corrected chi connectivity index (χ0v) is 12.1. The number of nitrogens with zero attached hydrogens (tertiary/aromatic N) is 1. The monoisotopic (exact) mass is 353 g/mol. The molecule has 3 N–H and O–H groups in total. The molecule has 2 aromatic carbocycles. The molecule has 21 heavy (non-hydrogen) atoms. The third-order valence-corrected chi connectivity index (χ3v) is 3.16. The maximum Gasteiger partial charge on any atom is 0.304 e. The Morgan fingerprint density at radius 1 is 1.29 bits per heavy atom. The number of nitrogen functional groups attached to an aromatic ring is 1. The van der Waals surface area contributed by atoms with E-state index in [-0.39, 0.29) is 16.9 Å². The number of hydrogen-bond donors (Lipinski definition) is 2. The fourth-order valence-corrected chi connectivity index (χ4v) is 2.02. The van der Waals surface area contributed by atoms with Crippen LogP contribution in [-0.4, -0.2) is 10.8 Å². The third-order valence-electron chi connectivity index (χ3n) is 2.66. The first-order valence-electron chi connectivity index (χ1n) is 5.69. The van der Waals surface area contributed by atoms with Crippen molar-refractivity contribution in [2.24, 2.45) is 0 Å². The number of anilines is 2. The van der Waals surface area contributed by atoms with Gasteiger partial charge in [0.1, 0.15) is 0 Å². The zero-order chi connectivity index (χ0) is 15.6. The molecule has 0 aliphatic heterocycles. The number of hydrogen-bond acceptors (Lipinski definition) is 4. The molecule has 2 aromatic rings. The summed E-state index contributed by atoms with van der Waals surface area (Å²) >= 11 is 3.22. The average Bonchev–Trinajstić information content (AvgIpc) is 2.41. The number of nitro groups is 1. The Labute approximate surface area is 127 Å². The Balaban J connectivity index is 2.26. The maximum absolute atomic E-state index is 13.5. The van der Waals surface area contributed by atoms with Gasteiger partial charge in [-0.25, -0.2) is 0 Å². The van der Waals surface area contributed by atoms with Gasteiger partial charge in [-0.2, -0.15) is 4.39 Å². The molecule has 6 nitrogen and oxygen atoms in total. The molecule has 2 rings (SSSR count). The number of nitrogens with one attached hydrogen (secondary N) is 1. The summed E-state index contributed by atoms with van der Waals surface area (Å²) in [7, 11) is 0. The van der Waals surface area contributed by atoms with Crippen LogP contribution >= 0.6 is 15.9 Å². The van der Waals surface area contributed by atoms with Crippen LogP contribution < -0.4 is 11.1 Å². The number of carbonyl (C=O) groups is 1. The molecule has 108 valence electrons. The van der Waals surface area contributed by atoms with Gasteiger partial charge in [0, 0.05) is 28.0 Å². The summed E-state index contributed by atoms with van der Waals surface area (Å²) in [6, 6.07) is 7.85. The summed E-state index contributed by atoms with van der Waals surface area (Å²) in [5, 5.41) is 12.9. The van der Waals surface area contributed by atoms with Crippen molar-refractivity contribution in [1.29, 1.82) is 0 Å². The minimum atomic E-state index is -1.03. The van der Waals surface area contributed by atoms with Crippen LogP contribution in [0.2, 0.25) is 0 Å². The Kier molecular flexibility index (Phi) is 4.18. The molecule has 0 unspecified atom stereocenters. The second kappa shape index (κ2) is 5.88. The fourth-order valence-electron chi connectivity index (χ4n) is 1.66. The molecule has 0 radical (unpaired) electrons. The van der Waals surface area contributed by atoms with Gasteiger partial charge in [0.05, 0.1) is 10.5 Å². The second-order valence-electron chi connectivity index (χ2n) is 4.11. The lowest BCUT2D eigenvalue weighted by Crippen LogP contribution is -2.14. The predicted octanol–water partition coefficient (Wildman–Crippen LogP) is 3.33. The quantitative estimate of drug-likeness (QED) is 0.502. The molecule has 0 atom stereocenters. The normalized spacial score (nSPS) is 10.2. The van der Waals surface area contributed by atoms with Gasteiger partial charge < -0.3 is 11.1 Å². The first-order chi connectivity index (χ1) is 9.88. The number of nitrogens with two attached hydrogens (primary N) is 1. The van der Waals surface area contributed by atoms with Gasteiger partial charge in [0.2, 0.25) is 5.82 Å². The topological polar surface area (TPSA) is 98.3 Å². The Hall–Kier alpha value is -2.48. The smallest absolute Gasteiger partial charge is 0.304 e. The lowest BCUT2D eigenvalue weighted by molar-refractivity contribution is -0.387. The molecule has 0 saturated heterocycles. The largest absolute Gasteiger partial charge is 0.398 e. The molecular formula is C13H9BrFN3O3. The number of halogens is 2. The van der Waals surface area contributed by atoms with Crippen LogP contribution in [0.5, 0.6) is 0 Å². The zero-order valence-electron chi connectivity index (χ0n) is 10.5. The summed E-state index contributed by atoms with van der Waals surface area (Å²) < 4.78 is 14.1. The van der Waals surface area contributed by atoms with E-state index in [1.807, 2.05) is 0 Å². The van der Waals surface area contributed by atoms with Crippen LogP contribution in [-0.2, 0) is 0 Å². The highest BCUT2D eigenvalue weighted by atomic mass is 79.9. The van der Waals surface area contributed by atoms with Gasteiger partial charge in [-0.15, -0.1) is 0 Å². The summed E-state index contributed by atoms with van der Waals surface area (Å²) in [5.74, 6) is -1.57. The summed E-state index contributed by atoms with van der Waals surface area (Å²) in [5.41, 5.74) is 5.61. The highest BCUT2D eigenvalue weighted by Gasteiger charge is 2.16. The molecule has 0 saturated carbocycles. The number of amides is 1. The molecule has 0 heterocycles. The Bertz CT molecular complexity index is 737. The van der Waals surface area contributed by atoms with Gasteiger partial charge in [-0.05, 0) is 24.3 Å². The molecule has 0 bridgehead atoms. The van der Waals surface area contributed by atoms with Crippen molar-refractivity contribution in [3.05, 3.63) is 62.4 Å². The molecule has 0 aliphatic rings. The predicted molar refractivity (Wildman–Crippen MR) is 79.6 cm³/mol.